The van der Waals surface area contributed by atoms with Crippen LogP contribution in [0.5, 0.6) is 0 Å². The largest absolute Gasteiger partial charge is 0.481 e. The summed E-state index contributed by atoms with van der Waals surface area (Å²) >= 11 is 0. The van der Waals surface area contributed by atoms with E-state index in [2.05, 4.69) is 13.8 Å². The minimum atomic E-state index is -0.646. The third-order valence-corrected chi connectivity index (χ3v) is 9.18. The first-order chi connectivity index (χ1) is 19.7. The van der Waals surface area contributed by atoms with E-state index in [0.717, 1.165) is 18.8 Å². The maximum Gasteiger partial charge on any atom is 0.303 e. The molecule has 0 saturated heterocycles. The van der Waals surface area contributed by atoms with Crippen LogP contribution in [0.3, 0.4) is 0 Å². The first-order valence-electron chi connectivity index (χ1n) is 18.9. The molecule has 0 saturated carbocycles. The maximum absolute atomic E-state index is 10.5. The number of carboxylic acids is 1. The number of carboxylic acid groups (broad SMARTS) is 1. The minimum Gasteiger partial charge on any atom is -0.481 e. The van der Waals surface area contributed by atoms with E-state index < -0.39 is 5.97 Å². The number of rotatable bonds is 35. The Morgan fingerprint density at radius 1 is 0.375 bits per heavy atom. The molecule has 0 aromatic carbocycles. The molecule has 1 atom stereocenters. The second kappa shape index (κ2) is 34.7. The highest BCUT2D eigenvalue weighted by Gasteiger charge is 2.09. The fourth-order valence-corrected chi connectivity index (χ4v) is 6.40. The summed E-state index contributed by atoms with van der Waals surface area (Å²) < 4.78 is 0. The van der Waals surface area contributed by atoms with Crippen molar-refractivity contribution in [1.29, 1.82) is 0 Å². The molecule has 0 aliphatic carbocycles. The summed E-state index contributed by atoms with van der Waals surface area (Å²) in [5.74, 6) is 0.365. The molecule has 0 aliphatic rings. The van der Waals surface area contributed by atoms with Crippen LogP contribution in [-0.2, 0) is 4.79 Å². The molecular formula is C38H76O2. The Hall–Kier alpha value is -0.530. The summed E-state index contributed by atoms with van der Waals surface area (Å²) in [6, 6.07) is 0. The van der Waals surface area contributed by atoms with Crippen LogP contribution in [0.4, 0.5) is 0 Å². The van der Waals surface area contributed by atoms with Gasteiger partial charge in [0.1, 0.15) is 0 Å². The zero-order valence-corrected chi connectivity index (χ0v) is 28.0. The number of carbonyl (C=O) groups is 1. The lowest BCUT2D eigenvalue weighted by molar-refractivity contribution is -0.137. The van der Waals surface area contributed by atoms with Gasteiger partial charge in [0, 0.05) is 6.42 Å². The van der Waals surface area contributed by atoms with E-state index in [1.807, 2.05) is 0 Å². The molecule has 0 aromatic heterocycles. The molecule has 0 spiro atoms. The lowest BCUT2D eigenvalue weighted by Crippen LogP contribution is -2.01. The summed E-state index contributed by atoms with van der Waals surface area (Å²) in [7, 11) is 0. The Kier molecular flexibility index (Phi) is 34.2. The zero-order chi connectivity index (χ0) is 29.2. The maximum atomic E-state index is 10.5. The van der Waals surface area contributed by atoms with Crippen molar-refractivity contribution < 1.29 is 9.90 Å². The Morgan fingerprint density at radius 3 is 0.850 bits per heavy atom. The fraction of sp³-hybridized carbons (Fsp3) is 0.974. The molecule has 0 heterocycles. The molecule has 0 amide bonds. The molecule has 2 nitrogen and oxygen atoms in total. The summed E-state index contributed by atoms with van der Waals surface area (Å²) in [4.78, 5) is 10.5. The molecule has 1 N–H and O–H groups in total. The van der Waals surface area contributed by atoms with Crippen molar-refractivity contribution in [1.82, 2.24) is 0 Å². The van der Waals surface area contributed by atoms with Gasteiger partial charge in [-0.3, -0.25) is 4.79 Å². The van der Waals surface area contributed by atoms with Gasteiger partial charge in [0.15, 0.2) is 0 Å². The van der Waals surface area contributed by atoms with Crippen molar-refractivity contribution in [3.63, 3.8) is 0 Å². The van der Waals surface area contributed by atoms with E-state index in [1.54, 1.807) is 0 Å². The Labute approximate surface area is 253 Å². The van der Waals surface area contributed by atoms with Crippen LogP contribution in [0.1, 0.15) is 232 Å². The van der Waals surface area contributed by atoms with Crippen LogP contribution in [0.15, 0.2) is 0 Å². The molecule has 0 fully saturated rings. The van der Waals surface area contributed by atoms with Gasteiger partial charge in [-0.2, -0.15) is 0 Å². The number of unbranched alkanes of at least 4 members (excludes halogenated alkanes) is 27. The van der Waals surface area contributed by atoms with Gasteiger partial charge in [0.05, 0.1) is 0 Å². The Bertz CT molecular complexity index is 474. The monoisotopic (exact) mass is 565 g/mol. The van der Waals surface area contributed by atoms with E-state index in [4.69, 9.17) is 5.11 Å². The highest BCUT2D eigenvalue weighted by atomic mass is 16.4. The minimum absolute atomic E-state index is 0.346. The van der Waals surface area contributed by atoms with Crippen LogP contribution in [0.2, 0.25) is 0 Å². The van der Waals surface area contributed by atoms with Gasteiger partial charge in [-0.25, -0.2) is 0 Å². The second-order valence-corrected chi connectivity index (χ2v) is 13.3. The summed E-state index contributed by atoms with van der Waals surface area (Å²) in [6.07, 6.45) is 46.8. The molecule has 2 heteroatoms. The Morgan fingerprint density at radius 2 is 0.600 bits per heavy atom. The summed E-state index contributed by atoms with van der Waals surface area (Å²) in [5.41, 5.74) is 0. The van der Waals surface area contributed by atoms with Crippen LogP contribution in [0.25, 0.3) is 0 Å². The number of hydrogen-bond acceptors (Lipinski definition) is 1. The summed E-state index contributed by atoms with van der Waals surface area (Å²) in [6.45, 7) is 4.63. The molecule has 0 bridgehead atoms. The quantitative estimate of drug-likeness (QED) is 0.0777. The lowest BCUT2D eigenvalue weighted by atomic mass is 9.89. The van der Waals surface area contributed by atoms with Gasteiger partial charge >= 0.3 is 5.97 Å². The zero-order valence-electron chi connectivity index (χ0n) is 28.0. The van der Waals surface area contributed by atoms with Crippen molar-refractivity contribution in [2.45, 2.75) is 232 Å². The average Bonchev–Trinajstić information content (AvgIpc) is 2.94. The first-order valence-corrected chi connectivity index (χ1v) is 18.9. The number of hydrogen-bond donors (Lipinski definition) is 1. The molecule has 0 rings (SSSR count). The van der Waals surface area contributed by atoms with Gasteiger partial charge < -0.3 is 5.11 Å². The molecule has 240 valence electrons. The van der Waals surface area contributed by atoms with Crippen molar-refractivity contribution in [2.75, 3.05) is 0 Å². The van der Waals surface area contributed by atoms with Gasteiger partial charge in [-0.1, -0.05) is 219 Å². The van der Waals surface area contributed by atoms with Crippen LogP contribution in [0, 0.1) is 5.92 Å². The van der Waals surface area contributed by atoms with Crippen molar-refractivity contribution in [2.24, 2.45) is 5.92 Å². The van der Waals surface area contributed by atoms with Gasteiger partial charge in [-0.05, 0) is 12.3 Å². The van der Waals surface area contributed by atoms with E-state index in [1.165, 1.54) is 199 Å². The van der Waals surface area contributed by atoms with Crippen LogP contribution >= 0.6 is 0 Å². The van der Waals surface area contributed by atoms with E-state index in [9.17, 15) is 4.79 Å². The molecule has 0 aliphatic heterocycles. The normalized spacial score (nSPS) is 12.2. The fourth-order valence-electron chi connectivity index (χ4n) is 6.40. The highest BCUT2D eigenvalue weighted by molar-refractivity contribution is 5.66. The molecule has 0 radical (unpaired) electrons. The lowest BCUT2D eigenvalue weighted by Gasteiger charge is -2.17. The van der Waals surface area contributed by atoms with Crippen LogP contribution in [-0.4, -0.2) is 11.1 Å². The molecule has 40 heavy (non-hydrogen) atoms. The SMILES string of the molecule is CCCCCCCCCCCCC(CCCCCCCC)CCCCCCCCCCCCCCCCC(=O)O. The van der Waals surface area contributed by atoms with E-state index in [0.29, 0.717) is 6.42 Å². The predicted octanol–water partition coefficient (Wildman–Crippen LogP) is 14.0. The number of aliphatic carboxylic acids is 1. The van der Waals surface area contributed by atoms with Gasteiger partial charge in [-0.15, -0.1) is 0 Å². The van der Waals surface area contributed by atoms with Crippen molar-refractivity contribution in [3.05, 3.63) is 0 Å². The smallest absolute Gasteiger partial charge is 0.303 e. The van der Waals surface area contributed by atoms with E-state index in [-0.39, 0.29) is 0 Å². The highest BCUT2D eigenvalue weighted by Crippen LogP contribution is 2.25. The van der Waals surface area contributed by atoms with Crippen molar-refractivity contribution in [3.8, 4) is 0 Å². The summed E-state index contributed by atoms with van der Waals surface area (Å²) in [5, 5.41) is 8.67. The molecular weight excluding hydrogens is 488 g/mol. The third kappa shape index (κ3) is 33.7. The first kappa shape index (κ1) is 39.5. The Balaban J connectivity index is 3.71. The third-order valence-electron chi connectivity index (χ3n) is 9.18. The van der Waals surface area contributed by atoms with Gasteiger partial charge in [0.25, 0.3) is 0 Å². The molecule has 1 unspecified atom stereocenters. The second-order valence-electron chi connectivity index (χ2n) is 13.3. The predicted molar refractivity (Wildman–Crippen MR) is 179 cm³/mol. The van der Waals surface area contributed by atoms with E-state index >= 15 is 0 Å². The van der Waals surface area contributed by atoms with Crippen LogP contribution < -0.4 is 0 Å². The standard InChI is InChI=1S/C38H76O2/c1-3-5-7-9-11-12-19-22-26-30-34-37(33-29-25-10-8-6-4-2)35-31-27-23-20-17-15-13-14-16-18-21-24-28-32-36-38(39)40/h37H,3-36H2,1-2H3,(H,39,40). The topological polar surface area (TPSA) is 37.3 Å². The molecule has 0 aromatic rings. The van der Waals surface area contributed by atoms with Gasteiger partial charge in [0.2, 0.25) is 0 Å². The average molecular weight is 565 g/mol. The van der Waals surface area contributed by atoms with Crippen molar-refractivity contribution >= 4 is 5.97 Å².